The first-order valence-electron chi connectivity index (χ1n) is 7.71. The van der Waals surface area contributed by atoms with E-state index in [-0.39, 0.29) is 17.5 Å². The van der Waals surface area contributed by atoms with Gasteiger partial charge >= 0.3 is 6.80 Å². The van der Waals surface area contributed by atoms with E-state index in [0.717, 1.165) is 11.3 Å². The largest absolute Gasteiger partial charge is 0.497 e. The van der Waals surface area contributed by atoms with Gasteiger partial charge in [0, 0.05) is 5.25 Å². The Hall–Kier alpha value is -0.740. The summed E-state index contributed by atoms with van der Waals surface area (Å²) in [5.74, 6) is 0.824. The molecule has 0 saturated heterocycles. The smallest absolute Gasteiger partial charge is 0.390 e. The Labute approximate surface area is 143 Å². The van der Waals surface area contributed by atoms with Crippen molar-refractivity contribution >= 4 is 24.3 Å². The van der Waals surface area contributed by atoms with Crippen LogP contribution in [0.1, 0.15) is 40.2 Å². The SMILES string of the molecule is COc1ccc(/C=C/C(C)SP(=O)(OC(C)C)OC(C)C)cc1. The Morgan fingerprint density at radius 2 is 1.52 bits per heavy atom. The minimum absolute atomic E-state index is 0.000403. The molecule has 1 atom stereocenters. The summed E-state index contributed by atoms with van der Waals surface area (Å²) in [7, 11) is 1.64. The van der Waals surface area contributed by atoms with E-state index < -0.39 is 6.80 Å². The Kier molecular flexibility index (Phi) is 8.41. The lowest BCUT2D eigenvalue weighted by molar-refractivity contribution is 0.155. The van der Waals surface area contributed by atoms with Crippen LogP contribution in [0.4, 0.5) is 0 Å². The molecule has 0 aliphatic heterocycles. The van der Waals surface area contributed by atoms with Crippen LogP contribution < -0.4 is 4.74 Å². The lowest BCUT2D eigenvalue weighted by Crippen LogP contribution is -2.07. The standard InChI is InChI=1S/C17H27O4PS/c1-13(2)20-22(18,21-14(3)4)23-15(5)7-8-16-9-11-17(19-6)12-10-16/h7-15H,1-6H3/b8-7+. The van der Waals surface area contributed by atoms with E-state index in [9.17, 15) is 4.57 Å². The van der Waals surface area contributed by atoms with Gasteiger partial charge in [-0.2, -0.15) is 0 Å². The molecule has 6 heteroatoms. The predicted molar refractivity (Wildman–Crippen MR) is 99.1 cm³/mol. The van der Waals surface area contributed by atoms with Gasteiger partial charge in [-0.1, -0.05) is 24.3 Å². The van der Waals surface area contributed by atoms with E-state index in [0.29, 0.717) is 0 Å². The fraction of sp³-hybridized carbons (Fsp3) is 0.529. The molecular weight excluding hydrogens is 331 g/mol. The summed E-state index contributed by atoms with van der Waals surface area (Å²) in [6.07, 6.45) is 3.69. The summed E-state index contributed by atoms with van der Waals surface area (Å²) in [6.45, 7) is 6.22. The molecule has 1 aromatic rings. The Bertz CT molecular complexity index is 526. The molecule has 1 aromatic carbocycles. The summed E-state index contributed by atoms with van der Waals surface area (Å²) in [4.78, 5) is 0. The second-order valence-corrected chi connectivity index (χ2v) is 9.94. The Balaban J connectivity index is 2.71. The molecule has 1 rings (SSSR count). The van der Waals surface area contributed by atoms with E-state index in [1.807, 2.05) is 71.0 Å². The minimum Gasteiger partial charge on any atom is -0.497 e. The number of rotatable bonds is 9. The average Bonchev–Trinajstić information content (AvgIpc) is 2.43. The highest BCUT2D eigenvalue weighted by atomic mass is 32.7. The van der Waals surface area contributed by atoms with Crippen LogP contribution >= 0.6 is 18.2 Å². The fourth-order valence-electron chi connectivity index (χ4n) is 1.79. The van der Waals surface area contributed by atoms with Crippen LogP contribution in [0.25, 0.3) is 6.08 Å². The summed E-state index contributed by atoms with van der Waals surface area (Å²) >= 11 is 1.23. The molecule has 0 N–H and O–H groups in total. The van der Waals surface area contributed by atoms with Gasteiger partial charge in [0.2, 0.25) is 0 Å². The maximum Gasteiger partial charge on any atom is 0.390 e. The highest BCUT2D eigenvalue weighted by Crippen LogP contribution is 2.63. The quantitative estimate of drug-likeness (QED) is 0.523. The summed E-state index contributed by atoms with van der Waals surface area (Å²) in [6, 6.07) is 7.77. The molecule has 0 radical (unpaired) electrons. The van der Waals surface area contributed by atoms with Gasteiger partial charge in [-0.25, -0.2) is 4.57 Å². The van der Waals surface area contributed by atoms with Crippen molar-refractivity contribution in [3.05, 3.63) is 35.9 Å². The highest BCUT2D eigenvalue weighted by Gasteiger charge is 2.30. The van der Waals surface area contributed by atoms with Crippen molar-refractivity contribution in [2.45, 2.75) is 52.1 Å². The van der Waals surface area contributed by atoms with Crippen LogP contribution in [-0.4, -0.2) is 24.6 Å². The van der Waals surface area contributed by atoms with Crippen LogP contribution in [0.2, 0.25) is 0 Å². The molecule has 1 unspecified atom stereocenters. The van der Waals surface area contributed by atoms with Crippen molar-refractivity contribution in [1.82, 2.24) is 0 Å². The van der Waals surface area contributed by atoms with E-state index >= 15 is 0 Å². The van der Waals surface area contributed by atoms with Crippen molar-refractivity contribution in [3.63, 3.8) is 0 Å². The molecule has 0 spiro atoms. The summed E-state index contributed by atoms with van der Waals surface area (Å²) in [5.41, 5.74) is 1.06. The van der Waals surface area contributed by atoms with Crippen LogP contribution in [-0.2, 0) is 13.6 Å². The molecule has 0 aliphatic rings. The maximum absolute atomic E-state index is 12.8. The van der Waals surface area contributed by atoms with Gasteiger partial charge in [0.05, 0.1) is 19.3 Å². The Morgan fingerprint density at radius 3 is 1.96 bits per heavy atom. The van der Waals surface area contributed by atoms with Crippen molar-refractivity contribution < 1.29 is 18.3 Å². The third-order valence-corrected chi connectivity index (χ3v) is 7.05. The molecule has 0 aromatic heterocycles. The molecule has 0 heterocycles. The number of hydrogen-bond acceptors (Lipinski definition) is 5. The minimum atomic E-state index is -3.18. The van der Waals surface area contributed by atoms with E-state index in [2.05, 4.69) is 0 Å². The lowest BCUT2D eigenvalue weighted by Gasteiger charge is -2.23. The first kappa shape index (κ1) is 20.3. The van der Waals surface area contributed by atoms with Crippen LogP contribution in [0.5, 0.6) is 5.75 Å². The van der Waals surface area contributed by atoms with Crippen molar-refractivity contribution in [2.75, 3.05) is 7.11 Å². The van der Waals surface area contributed by atoms with E-state index in [4.69, 9.17) is 13.8 Å². The number of methoxy groups -OCH3 is 1. The van der Waals surface area contributed by atoms with Crippen LogP contribution in [0.15, 0.2) is 30.3 Å². The third-order valence-electron chi connectivity index (χ3n) is 2.65. The number of ether oxygens (including phenoxy) is 1. The zero-order chi connectivity index (χ0) is 17.5. The van der Waals surface area contributed by atoms with Crippen molar-refractivity contribution in [1.29, 1.82) is 0 Å². The van der Waals surface area contributed by atoms with E-state index in [1.54, 1.807) is 7.11 Å². The first-order valence-corrected chi connectivity index (χ1v) is 10.7. The lowest BCUT2D eigenvalue weighted by atomic mass is 10.2. The van der Waals surface area contributed by atoms with Gasteiger partial charge < -0.3 is 4.74 Å². The Morgan fingerprint density at radius 1 is 1.00 bits per heavy atom. The van der Waals surface area contributed by atoms with Gasteiger partial charge in [0.25, 0.3) is 0 Å². The second-order valence-electron chi connectivity index (χ2n) is 5.70. The molecule has 130 valence electrons. The molecule has 0 amide bonds. The highest BCUT2D eigenvalue weighted by molar-refractivity contribution is 8.55. The monoisotopic (exact) mass is 358 g/mol. The van der Waals surface area contributed by atoms with E-state index in [1.165, 1.54) is 11.4 Å². The molecular formula is C17H27O4PS. The van der Waals surface area contributed by atoms with Gasteiger partial charge in [-0.05, 0) is 63.7 Å². The second kappa shape index (κ2) is 9.53. The zero-order valence-electron chi connectivity index (χ0n) is 14.7. The third kappa shape index (κ3) is 8.07. The average molecular weight is 358 g/mol. The summed E-state index contributed by atoms with van der Waals surface area (Å²) in [5, 5.41) is 0.000403. The van der Waals surface area contributed by atoms with Crippen molar-refractivity contribution in [2.24, 2.45) is 0 Å². The molecule has 23 heavy (non-hydrogen) atoms. The molecule has 4 nitrogen and oxygen atoms in total. The predicted octanol–water partition coefficient (Wildman–Crippen LogP) is 5.79. The molecule has 0 bridgehead atoms. The summed E-state index contributed by atoms with van der Waals surface area (Å²) < 4.78 is 29.0. The van der Waals surface area contributed by atoms with Crippen LogP contribution in [0.3, 0.4) is 0 Å². The van der Waals surface area contributed by atoms with Crippen LogP contribution in [0, 0.1) is 0 Å². The van der Waals surface area contributed by atoms with Crippen molar-refractivity contribution in [3.8, 4) is 5.75 Å². The zero-order valence-corrected chi connectivity index (χ0v) is 16.4. The first-order chi connectivity index (χ1) is 10.7. The van der Waals surface area contributed by atoms with Gasteiger partial charge in [0.1, 0.15) is 5.75 Å². The maximum atomic E-state index is 12.8. The fourth-order valence-corrected chi connectivity index (χ4v) is 6.29. The topological polar surface area (TPSA) is 44.8 Å². The van der Waals surface area contributed by atoms with Gasteiger partial charge in [0.15, 0.2) is 0 Å². The normalized spacial score (nSPS) is 13.9. The van der Waals surface area contributed by atoms with Gasteiger partial charge in [-0.3, -0.25) is 9.05 Å². The molecule has 0 fully saturated rings. The number of benzene rings is 1. The molecule has 0 aliphatic carbocycles. The number of hydrogen-bond donors (Lipinski definition) is 0. The molecule has 0 saturated carbocycles. The van der Waals surface area contributed by atoms with Gasteiger partial charge in [-0.15, -0.1) is 0 Å².